The maximum Gasteiger partial charge on any atom is 0.227 e. The van der Waals surface area contributed by atoms with E-state index in [1.54, 1.807) is 0 Å². The van der Waals surface area contributed by atoms with Crippen LogP contribution in [0.4, 0.5) is 5.82 Å². The highest BCUT2D eigenvalue weighted by atomic mass is 32.1. The number of anilines is 1. The molecule has 1 aromatic carbocycles. The molecule has 0 bridgehead atoms. The molecule has 1 unspecified atom stereocenters. The van der Waals surface area contributed by atoms with E-state index in [1.807, 2.05) is 29.5 Å². The molecule has 0 saturated carbocycles. The fourth-order valence-corrected chi connectivity index (χ4v) is 6.35. The van der Waals surface area contributed by atoms with Gasteiger partial charge in [-0.05, 0) is 55.5 Å². The third kappa shape index (κ3) is 3.60. The minimum atomic E-state index is 0.0520. The first-order chi connectivity index (χ1) is 15.8. The second-order valence-electron chi connectivity index (χ2n) is 9.18. The zero-order valence-corrected chi connectivity index (χ0v) is 19.1. The van der Waals surface area contributed by atoms with Crippen LogP contribution in [0.15, 0.2) is 41.8 Å². The first-order valence-corrected chi connectivity index (χ1v) is 12.7. The number of hydrogen-bond acceptors (Lipinski definition) is 5. The highest BCUT2D eigenvalue weighted by Crippen LogP contribution is 2.34. The standard InChI is InChI=1S/C26H28N4OS/c31-26(30-14-11-23-19(16-30)12-15-32-23)20-8-5-13-29(17-20)25-21-9-4-10-22(21)27-24(28-25)18-6-2-1-3-7-18/h1-3,6-7,12,15,20H,4-5,8-11,13-14,16-17H2. The summed E-state index contributed by atoms with van der Waals surface area (Å²) in [5.74, 6) is 2.26. The van der Waals surface area contributed by atoms with Gasteiger partial charge in [-0.15, -0.1) is 11.3 Å². The van der Waals surface area contributed by atoms with Crippen molar-refractivity contribution in [3.05, 3.63) is 63.5 Å². The molecule has 1 amide bonds. The number of carbonyl (C=O) groups is 1. The van der Waals surface area contributed by atoms with Gasteiger partial charge in [-0.1, -0.05) is 30.3 Å². The molecule has 5 nitrogen and oxygen atoms in total. The molecule has 6 rings (SSSR count). The zero-order valence-electron chi connectivity index (χ0n) is 18.3. The number of amides is 1. The zero-order chi connectivity index (χ0) is 21.5. The molecular weight excluding hydrogens is 416 g/mol. The molecule has 0 N–H and O–H groups in total. The third-order valence-corrected chi connectivity index (χ3v) is 8.16. The van der Waals surface area contributed by atoms with Crippen molar-refractivity contribution in [1.82, 2.24) is 14.9 Å². The lowest BCUT2D eigenvalue weighted by Gasteiger charge is -2.37. The molecule has 1 aliphatic carbocycles. The summed E-state index contributed by atoms with van der Waals surface area (Å²) in [5, 5.41) is 2.15. The Bertz CT molecular complexity index is 1140. The SMILES string of the molecule is O=C(C1CCCN(c2nc(-c3ccccc3)nc3c2CCC3)C1)N1CCc2sccc2C1. The quantitative estimate of drug-likeness (QED) is 0.597. The average Bonchev–Trinajstić information content (AvgIpc) is 3.52. The van der Waals surface area contributed by atoms with E-state index in [-0.39, 0.29) is 5.92 Å². The Labute approximate surface area is 193 Å². The van der Waals surface area contributed by atoms with Gasteiger partial charge in [-0.2, -0.15) is 0 Å². The van der Waals surface area contributed by atoms with Crippen LogP contribution in [0.2, 0.25) is 0 Å². The fourth-order valence-electron chi connectivity index (χ4n) is 5.46. The summed E-state index contributed by atoms with van der Waals surface area (Å²) < 4.78 is 0. The number of piperidine rings is 1. The molecule has 1 fully saturated rings. The molecule has 1 saturated heterocycles. The van der Waals surface area contributed by atoms with Crippen molar-refractivity contribution in [3.8, 4) is 11.4 Å². The van der Waals surface area contributed by atoms with Gasteiger partial charge in [0.15, 0.2) is 5.82 Å². The van der Waals surface area contributed by atoms with Crippen LogP contribution in [-0.4, -0.2) is 40.4 Å². The molecule has 2 aliphatic heterocycles. The van der Waals surface area contributed by atoms with Gasteiger partial charge in [0, 0.05) is 47.9 Å². The summed E-state index contributed by atoms with van der Waals surface area (Å²) >= 11 is 1.82. The van der Waals surface area contributed by atoms with Crippen molar-refractivity contribution in [2.24, 2.45) is 5.92 Å². The minimum absolute atomic E-state index is 0.0520. The average molecular weight is 445 g/mol. The Balaban J connectivity index is 1.26. The fraction of sp³-hybridized carbons (Fsp3) is 0.423. The Morgan fingerprint density at radius 3 is 2.81 bits per heavy atom. The maximum absolute atomic E-state index is 13.5. The van der Waals surface area contributed by atoms with E-state index in [9.17, 15) is 4.79 Å². The summed E-state index contributed by atoms with van der Waals surface area (Å²) in [6.45, 7) is 3.36. The lowest BCUT2D eigenvalue weighted by Crippen LogP contribution is -2.46. The molecule has 3 aliphatic rings. The molecule has 32 heavy (non-hydrogen) atoms. The lowest BCUT2D eigenvalue weighted by molar-refractivity contribution is -0.136. The van der Waals surface area contributed by atoms with Gasteiger partial charge in [0.25, 0.3) is 0 Å². The Morgan fingerprint density at radius 1 is 1.00 bits per heavy atom. The number of aromatic nitrogens is 2. The summed E-state index contributed by atoms with van der Waals surface area (Å²) in [4.78, 5) is 29.3. The number of fused-ring (bicyclic) bond motifs is 2. The van der Waals surface area contributed by atoms with Crippen molar-refractivity contribution in [1.29, 1.82) is 0 Å². The van der Waals surface area contributed by atoms with Crippen LogP contribution in [0.5, 0.6) is 0 Å². The van der Waals surface area contributed by atoms with E-state index >= 15 is 0 Å². The molecule has 0 spiro atoms. The molecule has 6 heteroatoms. The maximum atomic E-state index is 13.5. The first-order valence-electron chi connectivity index (χ1n) is 11.8. The first kappa shape index (κ1) is 19.9. The Hall–Kier alpha value is -2.73. The van der Waals surface area contributed by atoms with Crippen LogP contribution in [0.1, 0.15) is 41.0 Å². The molecule has 2 aromatic heterocycles. The number of hydrogen-bond donors (Lipinski definition) is 0. The van der Waals surface area contributed by atoms with Crippen molar-refractivity contribution in [2.75, 3.05) is 24.5 Å². The number of aryl methyl sites for hydroxylation is 1. The second kappa shape index (κ2) is 8.32. The lowest BCUT2D eigenvalue weighted by atomic mass is 9.95. The van der Waals surface area contributed by atoms with Crippen molar-refractivity contribution in [2.45, 2.75) is 45.1 Å². The molecule has 4 heterocycles. The van der Waals surface area contributed by atoms with E-state index < -0.39 is 0 Å². The summed E-state index contributed by atoms with van der Waals surface area (Å²) in [6, 6.07) is 12.5. The van der Waals surface area contributed by atoms with Crippen molar-refractivity contribution in [3.63, 3.8) is 0 Å². The van der Waals surface area contributed by atoms with Gasteiger partial charge >= 0.3 is 0 Å². The second-order valence-corrected chi connectivity index (χ2v) is 10.2. The molecule has 164 valence electrons. The van der Waals surface area contributed by atoms with Gasteiger partial charge in [-0.25, -0.2) is 9.97 Å². The van der Waals surface area contributed by atoms with E-state index in [1.165, 1.54) is 21.7 Å². The van der Waals surface area contributed by atoms with Crippen LogP contribution < -0.4 is 4.90 Å². The van der Waals surface area contributed by atoms with Gasteiger partial charge in [0.05, 0.1) is 5.92 Å². The van der Waals surface area contributed by atoms with Gasteiger partial charge < -0.3 is 9.80 Å². The molecule has 0 radical (unpaired) electrons. The molecular formula is C26H28N4OS. The van der Waals surface area contributed by atoms with Gasteiger partial charge in [0.1, 0.15) is 5.82 Å². The summed E-state index contributed by atoms with van der Waals surface area (Å²) in [5.41, 5.74) is 4.90. The summed E-state index contributed by atoms with van der Waals surface area (Å²) in [7, 11) is 0. The van der Waals surface area contributed by atoms with Crippen LogP contribution in [0.25, 0.3) is 11.4 Å². The van der Waals surface area contributed by atoms with E-state index in [0.29, 0.717) is 5.91 Å². The third-order valence-electron chi connectivity index (χ3n) is 7.13. The van der Waals surface area contributed by atoms with Gasteiger partial charge in [0.2, 0.25) is 5.91 Å². The highest BCUT2D eigenvalue weighted by Gasteiger charge is 2.33. The highest BCUT2D eigenvalue weighted by molar-refractivity contribution is 7.10. The normalized spacial score (nSPS) is 20.2. The van der Waals surface area contributed by atoms with Crippen LogP contribution in [-0.2, 0) is 30.6 Å². The topological polar surface area (TPSA) is 49.3 Å². The number of carbonyl (C=O) groups excluding carboxylic acids is 1. The van der Waals surface area contributed by atoms with Crippen LogP contribution >= 0.6 is 11.3 Å². The van der Waals surface area contributed by atoms with Crippen LogP contribution in [0, 0.1) is 5.92 Å². The Kier molecular flexibility index (Phi) is 5.18. The number of nitrogens with zero attached hydrogens (tertiary/aromatic N) is 4. The van der Waals surface area contributed by atoms with E-state index in [2.05, 4.69) is 33.4 Å². The van der Waals surface area contributed by atoms with Gasteiger partial charge in [-0.3, -0.25) is 4.79 Å². The number of thiophene rings is 1. The van der Waals surface area contributed by atoms with Crippen molar-refractivity contribution < 1.29 is 4.79 Å². The number of rotatable bonds is 3. The van der Waals surface area contributed by atoms with Crippen LogP contribution in [0.3, 0.4) is 0 Å². The molecule has 1 atom stereocenters. The predicted molar refractivity (Wildman–Crippen MR) is 128 cm³/mol. The largest absolute Gasteiger partial charge is 0.355 e. The summed E-state index contributed by atoms with van der Waals surface area (Å²) in [6.07, 6.45) is 6.21. The Morgan fingerprint density at radius 2 is 1.91 bits per heavy atom. The monoisotopic (exact) mass is 444 g/mol. The number of benzene rings is 1. The van der Waals surface area contributed by atoms with E-state index in [0.717, 1.165) is 81.9 Å². The van der Waals surface area contributed by atoms with E-state index in [4.69, 9.17) is 9.97 Å². The molecule has 3 aromatic rings. The van der Waals surface area contributed by atoms with Crippen molar-refractivity contribution >= 4 is 23.1 Å². The predicted octanol–water partition coefficient (Wildman–Crippen LogP) is 4.50. The smallest absolute Gasteiger partial charge is 0.227 e. The minimum Gasteiger partial charge on any atom is -0.355 e.